The van der Waals surface area contributed by atoms with Crippen molar-refractivity contribution in [2.45, 2.75) is 32.4 Å². The zero-order valence-corrected chi connectivity index (χ0v) is 12.4. The Labute approximate surface area is 120 Å². The van der Waals surface area contributed by atoms with Crippen LogP contribution < -0.4 is 5.32 Å². The van der Waals surface area contributed by atoms with Crippen LogP contribution in [-0.4, -0.2) is 21.5 Å². The van der Waals surface area contributed by atoms with E-state index in [4.69, 9.17) is 0 Å². The maximum atomic E-state index is 9.62. The minimum absolute atomic E-state index is 0.0592. The first kappa shape index (κ1) is 14.8. The lowest BCUT2D eigenvalue weighted by atomic mass is 10.0. The molecule has 0 aliphatic heterocycles. The summed E-state index contributed by atoms with van der Waals surface area (Å²) < 4.78 is 1.79. The van der Waals surface area contributed by atoms with E-state index >= 15 is 0 Å². The minimum Gasteiger partial charge on any atom is -0.394 e. The molecule has 0 radical (unpaired) electrons. The molecule has 0 amide bonds. The SMILES string of the molecule is CCc1ccc(C(CO)NC(C)c2cnn(C)c2)cc1. The molecule has 1 aromatic heterocycles. The highest BCUT2D eigenvalue weighted by Gasteiger charge is 2.15. The van der Waals surface area contributed by atoms with Crippen LogP contribution in [0.25, 0.3) is 0 Å². The van der Waals surface area contributed by atoms with E-state index in [0.29, 0.717) is 0 Å². The average molecular weight is 273 g/mol. The predicted octanol–water partition coefficient (Wildman–Crippen LogP) is 2.37. The minimum atomic E-state index is -0.0592. The van der Waals surface area contributed by atoms with Crippen molar-refractivity contribution in [1.29, 1.82) is 0 Å². The predicted molar refractivity (Wildman–Crippen MR) is 80.4 cm³/mol. The Hall–Kier alpha value is -1.65. The summed E-state index contributed by atoms with van der Waals surface area (Å²) in [6.07, 6.45) is 4.88. The quantitative estimate of drug-likeness (QED) is 0.849. The van der Waals surface area contributed by atoms with Crippen molar-refractivity contribution in [2.75, 3.05) is 6.61 Å². The Bertz CT molecular complexity index is 533. The van der Waals surface area contributed by atoms with Crippen LogP contribution >= 0.6 is 0 Å². The van der Waals surface area contributed by atoms with Gasteiger partial charge < -0.3 is 10.4 Å². The Morgan fingerprint density at radius 3 is 2.45 bits per heavy atom. The third kappa shape index (κ3) is 3.46. The molecule has 0 saturated carbocycles. The van der Waals surface area contributed by atoms with Crippen molar-refractivity contribution < 1.29 is 5.11 Å². The van der Waals surface area contributed by atoms with Gasteiger partial charge >= 0.3 is 0 Å². The Balaban J connectivity index is 2.07. The van der Waals surface area contributed by atoms with Crippen LogP contribution in [0.2, 0.25) is 0 Å². The monoisotopic (exact) mass is 273 g/mol. The number of nitrogens with one attached hydrogen (secondary N) is 1. The molecular weight excluding hydrogens is 250 g/mol. The summed E-state index contributed by atoms with van der Waals surface area (Å²) in [6, 6.07) is 8.50. The molecule has 20 heavy (non-hydrogen) atoms. The smallest absolute Gasteiger partial charge is 0.0626 e. The van der Waals surface area contributed by atoms with Gasteiger partial charge in [0.2, 0.25) is 0 Å². The lowest BCUT2D eigenvalue weighted by Gasteiger charge is -2.21. The number of hydrogen-bond acceptors (Lipinski definition) is 3. The number of rotatable bonds is 6. The van der Waals surface area contributed by atoms with Gasteiger partial charge in [0.15, 0.2) is 0 Å². The third-order valence-corrected chi connectivity index (χ3v) is 3.65. The number of aromatic nitrogens is 2. The molecule has 4 heteroatoms. The normalized spacial score (nSPS) is 14.2. The van der Waals surface area contributed by atoms with Gasteiger partial charge in [0.1, 0.15) is 0 Å². The first-order valence-electron chi connectivity index (χ1n) is 7.08. The molecule has 0 aliphatic rings. The number of nitrogens with zero attached hydrogens (tertiary/aromatic N) is 2. The van der Waals surface area contributed by atoms with Gasteiger partial charge in [0.25, 0.3) is 0 Å². The van der Waals surface area contributed by atoms with Gasteiger partial charge in [-0.2, -0.15) is 5.10 Å². The van der Waals surface area contributed by atoms with Crippen molar-refractivity contribution in [3.8, 4) is 0 Å². The van der Waals surface area contributed by atoms with E-state index in [-0.39, 0.29) is 18.7 Å². The van der Waals surface area contributed by atoms with Crippen LogP contribution in [-0.2, 0) is 13.5 Å². The first-order valence-corrected chi connectivity index (χ1v) is 7.08. The van der Waals surface area contributed by atoms with Gasteiger partial charge in [-0.25, -0.2) is 0 Å². The molecule has 108 valence electrons. The summed E-state index contributed by atoms with van der Waals surface area (Å²) >= 11 is 0. The van der Waals surface area contributed by atoms with Gasteiger partial charge in [-0.05, 0) is 24.5 Å². The van der Waals surface area contributed by atoms with Crippen molar-refractivity contribution >= 4 is 0 Å². The van der Waals surface area contributed by atoms with E-state index in [2.05, 4.69) is 48.5 Å². The van der Waals surface area contributed by atoms with E-state index in [0.717, 1.165) is 17.5 Å². The van der Waals surface area contributed by atoms with Gasteiger partial charge in [-0.1, -0.05) is 31.2 Å². The maximum Gasteiger partial charge on any atom is 0.0626 e. The molecule has 0 saturated heterocycles. The van der Waals surface area contributed by atoms with E-state index in [1.807, 2.05) is 19.4 Å². The molecule has 4 nitrogen and oxygen atoms in total. The molecule has 0 bridgehead atoms. The van der Waals surface area contributed by atoms with Gasteiger partial charge in [-0.15, -0.1) is 0 Å². The van der Waals surface area contributed by atoms with E-state index in [9.17, 15) is 5.11 Å². The lowest BCUT2D eigenvalue weighted by molar-refractivity contribution is 0.235. The second-order valence-electron chi connectivity index (χ2n) is 5.17. The summed E-state index contributed by atoms with van der Waals surface area (Å²) in [6.45, 7) is 4.30. The summed E-state index contributed by atoms with van der Waals surface area (Å²) in [4.78, 5) is 0. The van der Waals surface area contributed by atoms with Crippen LogP contribution in [0.5, 0.6) is 0 Å². The van der Waals surface area contributed by atoms with Gasteiger partial charge in [-0.3, -0.25) is 4.68 Å². The standard InChI is InChI=1S/C16H23N3O/c1-4-13-5-7-14(8-6-13)16(11-20)18-12(2)15-9-17-19(3)10-15/h5-10,12,16,18,20H,4,11H2,1-3H3. The highest BCUT2D eigenvalue weighted by atomic mass is 16.3. The summed E-state index contributed by atoms with van der Waals surface area (Å²) in [5.41, 5.74) is 3.54. The summed E-state index contributed by atoms with van der Waals surface area (Å²) in [7, 11) is 1.91. The number of aliphatic hydroxyl groups is 1. The van der Waals surface area contributed by atoms with E-state index in [1.165, 1.54) is 5.56 Å². The number of aliphatic hydroxyl groups excluding tert-OH is 1. The number of benzene rings is 1. The third-order valence-electron chi connectivity index (χ3n) is 3.65. The van der Waals surface area contributed by atoms with Crippen LogP contribution in [0.3, 0.4) is 0 Å². The van der Waals surface area contributed by atoms with Crippen LogP contribution in [0.15, 0.2) is 36.7 Å². The lowest BCUT2D eigenvalue weighted by Crippen LogP contribution is -2.27. The molecule has 2 N–H and O–H groups in total. The molecule has 2 rings (SSSR count). The number of hydrogen-bond donors (Lipinski definition) is 2. The fraction of sp³-hybridized carbons (Fsp3) is 0.438. The van der Waals surface area contributed by atoms with Gasteiger partial charge in [0.05, 0.1) is 18.8 Å². The molecule has 1 heterocycles. The van der Waals surface area contributed by atoms with Crippen LogP contribution in [0.1, 0.15) is 42.6 Å². The second kappa shape index (κ2) is 6.68. The van der Waals surface area contributed by atoms with Crippen LogP contribution in [0.4, 0.5) is 0 Å². The topological polar surface area (TPSA) is 50.1 Å². The maximum absolute atomic E-state index is 9.62. The Morgan fingerprint density at radius 1 is 1.25 bits per heavy atom. The van der Waals surface area contributed by atoms with E-state index < -0.39 is 0 Å². The first-order chi connectivity index (χ1) is 9.63. The van der Waals surface area contributed by atoms with Crippen molar-refractivity contribution in [3.63, 3.8) is 0 Å². The average Bonchev–Trinajstić information content (AvgIpc) is 2.91. The zero-order chi connectivity index (χ0) is 14.5. The fourth-order valence-electron chi connectivity index (χ4n) is 2.30. The molecule has 0 fully saturated rings. The number of aryl methyl sites for hydroxylation is 2. The highest BCUT2D eigenvalue weighted by Crippen LogP contribution is 2.19. The van der Waals surface area contributed by atoms with Crippen molar-refractivity contribution in [2.24, 2.45) is 7.05 Å². The molecular formula is C16H23N3O. The second-order valence-corrected chi connectivity index (χ2v) is 5.17. The van der Waals surface area contributed by atoms with Crippen LogP contribution in [0, 0.1) is 0 Å². The van der Waals surface area contributed by atoms with Gasteiger partial charge in [0, 0.05) is 24.8 Å². The van der Waals surface area contributed by atoms with Crippen molar-refractivity contribution in [1.82, 2.24) is 15.1 Å². The highest BCUT2D eigenvalue weighted by molar-refractivity contribution is 5.25. The largest absolute Gasteiger partial charge is 0.394 e. The molecule has 2 unspecified atom stereocenters. The fourth-order valence-corrected chi connectivity index (χ4v) is 2.30. The summed E-state index contributed by atoms with van der Waals surface area (Å²) in [5.74, 6) is 0. The van der Waals surface area contributed by atoms with E-state index in [1.54, 1.807) is 4.68 Å². The zero-order valence-electron chi connectivity index (χ0n) is 12.4. The Morgan fingerprint density at radius 2 is 1.95 bits per heavy atom. The molecule has 2 atom stereocenters. The van der Waals surface area contributed by atoms with Crippen molar-refractivity contribution in [3.05, 3.63) is 53.3 Å². The molecule has 0 spiro atoms. The molecule has 2 aromatic rings. The Kier molecular flexibility index (Phi) is 4.93. The molecule has 1 aromatic carbocycles. The molecule has 0 aliphatic carbocycles. The summed E-state index contributed by atoms with van der Waals surface area (Å²) in [5, 5.41) is 17.3.